The van der Waals surface area contributed by atoms with Gasteiger partial charge < -0.3 is 15.2 Å². The van der Waals surface area contributed by atoms with Crippen LogP contribution in [0.4, 0.5) is 0 Å². The van der Waals surface area contributed by atoms with Crippen LogP contribution < -0.4 is 40.2 Å². The third-order valence-corrected chi connectivity index (χ3v) is 4.91. The van der Waals surface area contributed by atoms with Crippen molar-refractivity contribution in [3.63, 3.8) is 0 Å². The fraction of sp³-hybridized carbons (Fsp3) is 0.417. The Labute approximate surface area is 165 Å². The Morgan fingerprint density at radius 2 is 2.17 bits per heavy atom. The van der Waals surface area contributed by atoms with Gasteiger partial charge in [0.2, 0.25) is 11.8 Å². The van der Waals surface area contributed by atoms with E-state index in [4.69, 9.17) is 0 Å². The minimum absolute atomic E-state index is 0. The number of carbonyl (C=O) groups excluding carboxylic acids is 3. The summed E-state index contributed by atoms with van der Waals surface area (Å²) >= 11 is 1.41. The van der Waals surface area contributed by atoms with E-state index in [1.807, 2.05) is 5.38 Å². The number of β-lactam (4-membered cyclic amide) rings is 1. The number of nitrogens with one attached hydrogen (secondary N) is 2. The second kappa shape index (κ2) is 8.41. The summed E-state index contributed by atoms with van der Waals surface area (Å²) in [6, 6.07) is 1.64. The monoisotopic (exact) mass is 383 g/mol. The first-order valence-electron chi connectivity index (χ1n) is 6.58. The third kappa shape index (κ3) is 5.26. The van der Waals surface area contributed by atoms with E-state index >= 15 is 0 Å². The number of hydrogen-bond donors (Lipinski definition) is 2. The van der Waals surface area contributed by atoms with Crippen molar-refractivity contribution in [2.75, 3.05) is 6.54 Å². The summed E-state index contributed by atoms with van der Waals surface area (Å²) in [6.07, 6.45) is 0.139. The molecule has 0 aromatic carbocycles. The van der Waals surface area contributed by atoms with Crippen molar-refractivity contribution in [2.45, 2.75) is 25.4 Å². The molecule has 2 rings (SSSR count). The van der Waals surface area contributed by atoms with Gasteiger partial charge in [-0.15, -0.1) is 11.3 Å². The molecule has 0 saturated carbocycles. The van der Waals surface area contributed by atoms with Gasteiger partial charge in [0.25, 0.3) is 5.91 Å². The van der Waals surface area contributed by atoms with Crippen LogP contribution in [-0.2, 0) is 31.1 Å². The first kappa shape index (κ1) is 21.1. The Morgan fingerprint density at radius 3 is 2.67 bits per heavy atom. The Bertz CT molecular complexity index is 721. The summed E-state index contributed by atoms with van der Waals surface area (Å²) in [4.78, 5) is 35.9. The second-order valence-corrected chi connectivity index (χ2v) is 7.26. The minimum Gasteiger partial charge on any atom is -0.731 e. The van der Waals surface area contributed by atoms with Crippen molar-refractivity contribution < 1.29 is 56.9 Å². The molecule has 1 aliphatic heterocycles. The van der Waals surface area contributed by atoms with Gasteiger partial charge in [0.15, 0.2) is 10.3 Å². The van der Waals surface area contributed by atoms with E-state index in [2.05, 4.69) is 10.6 Å². The van der Waals surface area contributed by atoms with Gasteiger partial charge >= 0.3 is 29.6 Å². The van der Waals surface area contributed by atoms with Crippen LogP contribution >= 0.6 is 11.3 Å². The SMILES string of the molecule is CC(NC(=O)Cc1cccs1)C(=O)NC1CN(S(=O)(=O)[O-])C1=O.[Na+]. The van der Waals surface area contributed by atoms with Crippen molar-refractivity contribution in [1.29, 1.82) is 0 Å². The Kier molecular flexibility index (Phi) is 7.38. The molecule has 2 unspecified atom stereocenters. The molecule has 2 N–H and O–H groups in total. The molecule has 1 aromatic heterocycles. The molecule has 2 atom stereocenters. The predicted molar refractivity (Wildman–Crippen MR) is 79.0 cm³/mol. The van der Waals surface area contributed by atoms with Gasteiger partial charge in [0, 0.05) is 4.88 Å². The molecule has 0 spiro atoms. The van der Waals surface area contributed by atoms with Crippen LogP contribution in [0.15, 0.2) is 17.5 Å². The minimum atomic E-state index is -4.84. The molecule has 24 heavy (non-hydrogen) atoms. The average Bonchev–Trinajstić information content (AvgIpc) is 2.93. The molecule has 126 valence electrons. The van der Waals surface area contributed by atoms with Gasteiger partial charge in [0.05, 0.1) is 13.0 Å². The average molecular weight is 383 g/mol. The normalized spacial score (nSPS) is 18.2. The largest absolute Gasteiger partial charge is 1.00 e. The zero-order valence-electron chi connectivity index (χ0n) is 13.0. The number of thiophene rings is 1. The van der Waals surface area contributed by atoms with Crippen molar-refractivity contribution in [1.82, 2.24) is 14.9 Å². The van der Waals surface area contributed by atoms with Crippen LogP contribution in [-0.4, -0.2) is 53.6 Å². The zero-order chi connectivity index (χ0) is 17.2. The Hall–Kier alpha value is -0.980. The summed E-state index contributed by atoms with van der Waals surface area (Å²) in [7, 11) is -4.84. The van der Waals surface area contributed by atoms with Crippen LogP contribution in [0.25, 0.3) is 0 Å². The van der Waals surface area contributed by atoms with Gasteiger partial charge in [-0.2, -0.15) is 0 Å². The summed E-state index contributed by atoms with van der Waals surface area (Å²) in [6.45, 7) is 1.04. The molecule has 0 bridgehead atoms. The molecular formula is C12H14N3NaO6S2. The fourth-order valence-corrected chi connectivity index (χ4v) is 3.31. The number of carbonyl (C=O) groups is 3. The van der Waals surface area contributed by atoms with E-state index in [1.54, 1.807) is 12.1 Å². The van der Waals surface area contributed by atoms with Crippen LogP contribution in [0.1, 0.15) is 11.8 Å². The zero-order valence-corrected chi connectivity index (χ0v) is 16.6. The smallest absolute Gasteiger partial charge is 0.731 e. The van der Waals surface area contributed by atoms with Crippen LogP contribution in [0.2, 0.25) is 0 Å². The van der Waals surface area contributed by atoms with E-state index in [-0.39, 0.29) is 46.2 Å². The molecular weight excluding hydrogens is 369 g/mol. The molecule has 9 nitrogen and oxygen atoms in total. The van der Waals surface area contributed by atoms with Crippen molar-refractivity contribution >= 4 is 39.4 Å². The van der Waals surface area contributed by atoms with Crippen molar-refractivity contribution in [2.24, 2.45) is 0 Å². The van der Waals surface area contributed by atoms with Gasteiger partial charge in [-0.25, -0.2) is 12.7 Å². The molecule has 2 heterocycles. The fourth-order valence-electron chi connectivity index (χ4n) is 1.93. The first-order valence-corrected chi connectivity index (χ1v) is 8.82. The number of hydrogen-bond acceptors (Lipinski definition) is 7. The molecule has 1 aromatic rings. The van der Waals surface area contributed by atoms with E-state index in [0.717, 1.165) is 4.88 Å². The summed E-state index contributed by atoms with van der Waals surface area (Å²) < 4.78 is 32.1. The van der Waals surface area contributed by atoms with Crippen molar-refractivity contribution in [3.05, 3.63) is 22.4 Å². The predicted octanol–water partition coefficient (Wildman–Crippen LogP) is -4.41. The summed E-state index contributed by atoms with van der Waals surface area (Å²) in [5.74, 6) is -1.96. The summed E-state index contributed by atoms with van der Waals surface area (Å²) in [5.41, 5.74) is 0. The quantitative estimate of drug-likeness (QED) is 0.289. The van der Waals surface area contributed by atoms with Gasteiger partial charge in [0.1, 0.15) is 12.1 Å². The Balaban J connectivity index is 0.00000288. The number of rotatable bonds is 6. The van der Waals surface area contributed by atoms with Gasteiger partial charge in [-0.1, -0.05) is 6.07 Å². The van der Waals surface area contributed by atoms with Crippen molar-refractivity contribution in [3.8, 4) is 0 Å². The van der Waals surface area contributed by atoms with Gasteiger partial charge in [-0.3, -0.25) is 14.4 Å². The molecule has 3 amide bonds. The maximum absolute atomic E-state index is 11.9. The maximum atomic E-state index is 11.9. The Morgan fingerprint density at radius 1 is 1.50 bits per heavy atom. The molecule has 1 aliphatic rings. The molecule has 0 radical (unpaired) electrons. The molecule has 1 fully saturated rings. The maximum Gasteiger partial charge on any atom is 1.00 e. The van der Waals surface area contributed by atoms with Crippen LogP contribution in [0.3, 0.4) is 0 Å². The van der Waals surface area contributed by atoms with E-state index in [9.17, 15) is 27.4 Å². The standard InChI is InChI=1S/C12H15N3O6S2.Na/c1-7(13-10(16)5-8-3-2-4-22-8)11(17)14-9-6-15(12(9)18)23(19,20)21;/h2-4,7,9H,5-6H2,1H3,(H,13,16)(H,14,17)(H,19,20,21);/q;+1/p-1. The first-order chi connectivity index (χ1) is 10.7. The molecule has 12 heteroatoms. The third-order valence-electron chi connectivity index (χ3n) is 3.16. The van der Waals surface area contributed by atoms with E-state index in [1.165, 1.54) is 18.3 Å². The number of nitrogens with zero attached hydrogens (tertiary/aromatic N) is 1. The summed E-state index contributed by atoms with van der Waals surface area (Å²) in [5, 5.41) is 6.60. The number of amides is 3. The topological polar surface area (TPSA) is 136 Å². The van der Waals surface area contributed by atoms with Gasteiger partial charge in [-0.05, 0) is 18.4 Å². The van der Waals surface area contributed by atoms with Crippen LogP contribution in [0.5, 0.6) is 0 Å². The second-order valence-electron chi connectivity index (χ2n) is 4.93. The van der Waals surface area contributed by atoms with E-state index < -0.39 is 40.7 Å². The molecule has 1 saturated heterocycles. The van der Waals surface area contributed by atoms with Crippen LogP contribution in [0, 0.1) is 0 Å². The van der Waals surface area contributed by atoms with E-state index in [0.29, 0.717) is 0 Å². The molecule has 0 aliphatic carbocycles.